The number of fused-ring (bicyclic) bond motifs is 1. The van der Waals surface area contributed by atoms with Crippen LogP contribution in [0.4, 0.5) is 0 Å². The average Bonchev–Trinajstić information content (AvgIpc) is 3.58. The molecule has 33 heavy (non-hydrogen) atoms. The van der Waals surface area contributed by atoms with Gasteiger partial charge in [0.05, 0.1) is 51.1 Å². The van der Waals surface area contributed by atoms with Crippen LogP contribution in [-0.2, 0) is 16.4 Å². The van der Waals surface area contributed by atoms with E-state index in [9.17, 15) is 13.2 Å². The fourth-order valence-electron chi connectivity index (χ4n) is 4.24. The normalized spacial score (nSPS) is 17.5. The number of nitrogens with zero attached hydrogens (tertiary/aromatic N) is 5. The van der Waals surface area contributed by atoms with Gasteiger partial charge in [-0.05, 0) is 37.3 Å². The molecule has 0 unspecified atom stereocenters. The topological polar surface area (TPSA) is 112 Å². The lowest BCUT2D eigenvalue weighted by molar-refractivity contribution is 0.0954. The first kappa shape index (κ1) is 21.8. The van der Waals surface area contributed by atoms with Crippen LogP contribution in [0.1, 0.15) is 34.9 Å². The summed E-state index contributed by atoms with van der Waals surface area (Å²) in [6.07, 6.45) is 6.64. The molecule has 172 valence electrons. The third-order valence-electron chi connectivity index (χ3n) is 5.85. The van der Waals surface area contributed by atoms with Crippen LogP contribution in [0.15, 0.2) is 42.3 Å². The van der Waals surface area contributed by atoms with Gasteiger partial charge >= 0.3 is 0 Å². The van der Waals surface area contributed by atoms with Crippen molar-refractivity contribution in [1.82, 2.24) is 29.6 Å². The molecule has 1 N–H and O–H groups in total. The summed E-state index contributed by atoms with van der Waals surface area (Å²) in [6.45, 7) is 3.12. The maximum Gasteiger partial charge on any atom is 0.252 e. The number of imidazole rings is 1. The highest BCUT2D eigenvalue weighted by atomic mass is 32.2. The molecule has 11 heteroatoms. The zero-order valence-electron chi connectivity index (χ0n) is 18.1. The number of thiophene rings is 1. The fourth-order valence-corrected chi connectivity index (χ4v) is 6.62. The van der Waals surface area contributed by atoms with Crippen LogP contribution < -0.4 is 5.32 Å². The molecule has 5 rings (SSSR count). The quantitative estimate of drug-likeness (QED) is 0.404. The van der Waals surface area contributed by atoms with E-state index >= 15 is 0 Å². The van der Waals surface area contributed by atoms with Crippen LogP contribution in [-0.4, -0.2) is 56.7 Å². The van der Waals surface area contributed by atoms with Gasteiger partial charge in [-0.1, -0.05) is 6.07 Å². The summed E-state index contributed by atoms with van der Waals surface area (Å²) in [4.78, 5) is 23.0. The molecule has 4 aromatic rings. The molecular formula is C22H24N6O3S2. The molecular weight excluding hydrogens is 460 g/mol. The molecule has 0 spiro atoms. The van der Waals surface area contributed by atoms with Crippen LogP contribution in [0.25, 0.3) is 21.6 Å². The molecule has 1 fully saturated rings. The van der Waals surface area contributed by atoms with E-state index in [2.05, 4.69) is 15.4 Å². The van der Waals surface area contributed by atoms with E-state index in [4.69, 9.17) is 4.98 Å². The molecule has 1 amide bonds. The number of nitrogens with one attached hydrogen (secondary N) is 1. The van der Waals surface area contributed by atoms with Crippen LogP contribution in [0.3, 0.4) is 0 Å². The molecule has 1 saturated heterocycles. The van der Waals surface area contributed by atoms with Crippen LogP contribution >= 0.6 is 11.3 Å². The number of hydrogen-bond acceptors (Lipinski definition) is 7. The molecule has 0 aromatic carbocycles. The summed E-state index contributed by atoms with van der Waals surface area (Å²) in [5.74, 6) is 0.00385. The minimum Gasteiger partial charge on any atom is -0.352 e. The monoisotopic (exact) mass is 484 g/mol. The molecule has 0 saturated carbocycles. The van der Waals surface area contributed by atoms with E-state index in [1.54, 1.807) is 28.5 Å². The fraction of sp³-hybridized carbons (Fsp3) is 0.364. The zero-order valence-corrected chi connectivity index (χ0v) is 19.8. The minimum absolute atomic E-state index is 0.0455. The Kier molecular flexibility index (Phi) is 5.75. The third-order valence-corrected chi connectivity index (χ3v) is 8.49. The van der Waals surface area contributed by atoms with Crippen molar-refractivity contribution in [2.75, 3.05) is 18.1 Å². The lowest BCUT2D eigenvalue weighted by atomic mass is 10.1. The van der Waals surface area contributed by atoms with Gasteiger partial charge in [-0.25, -0.2) is 23.1 Å². The summed E-state index contributed by atoms with van der Waals surface area (Å²) in [5.41, 5.74) is 2.42. The number of carbonyl (C=O) groups is 1. The number of aryl methyl sites for hydroxylation is 2. The Labute approximate surface area is 195 Å². The highest BCUT2D eigenvalue weighted by Gasteiger charge is 2.32. The summed E-state index contributed by atoms with van der Waals surface area (Å²) in [7, 11) is -3.09. The van der Waals surface area contributed by atoms with Crippen molar-refractivity contribution in [3.05, 3.63) is 53.6 Å². The number of hydrogen-bond donors (Lipinski definition) is 1. The van der Waals surface area contributed by atoms with Crippen molar-refractivity contribution in [2.24, 2.45) is 0 Å². The van der Waals surface area contributed by atoms with Gasteiger partial charge in [0, 0.05) is 25.5 Å². The summed E-state index contributed by atoms with van der Waals surface area (Å²) in [5, 5.41) is 10.3. The van der Waals surface area contributed by atoms with Crippen LogP contribution in [0, 0.1) is 6.92 Å². The standard InChI is InChI=1S/C22H24N6O3S2/c1-15-20-17(22(29)24-6-3-8-27-9-7-23-14-27)12-18(19-4-2-10-32-19)25-21(20)28(26-15)16-5-11-33(30,31)13-16/h2,4,7,9-10,12,14,16H,3,5-6,8,11,13H2,1H3,(H,24,29)/t16-/m0/s1. The molecule has 1 atom stereocenters. The predicted octanol–water partition coefficient (Wildman–Crippen LogP) is 2.84. The van der Waals surface area contributed by atoms with Gasteiger partial charge in [0.25, 0.3) is 5.91 Å². The van der Waals surface area contributed by atoms with E-state index in [1.165, 1.54) is 0 Å². The second kappa shape index (κ2) is 8.71. The Hall–Kier alpha value is -3.05. The molecule has 1 aliphatic heterocycles. The van der Waals surface area contributed by atoms with E-state index in [0.29, 0.717) is 41.0 Å². The van der Waals surface area contributed by atoms with Crippen LogP contribution in [0.2, 0.25) is 0 Å². The number of sulfone groups is 1. The first-order valence-corrected chi connectivity index (χ1v) is 13.5. The second-order valence-electron chi connectivity index (χ2n) is 8.23. The van der Waals surface area contributed by atoms with Gasteiger partial charge < -0.3 is 9.88 Å². The van der Waals surface area contributed by atoms with Gasteiger partial charge in [0.2, 0.25) is 0 Å². The van der Waals surface area contributed by atoms with Gasteiger partial charge in [-0.15, -0.1) is 11.3 Å². The van der Waals surface area contributed by atoms with Gasteiger partial charge in [0.1, 0.15) is 0 Å². The first-order chi connectivity index (χ1) is 15.9. The molecule has 1 aliphatic rings. The van der Waals surface area contributed by atoms with Gasteiger partial charge in [-0.2, -0.15) is 5.10 Å². The van der Waals surface area contributed by atoms with Gasteiger partial charge in [0.15, 0.2) is 15.5 Å². The highest BCUT2D eigenvalue weighted by molar-refractivity contribution is 7.91. The van der Waals surface area contributed by atoms with Crippen molar-refractivity contribution in [1.29, 1.82) is 0 Å². The average molecular weight is 485 g/mol. The Bertz CT molecular complexity index is 1390. The smallest absolute Gasteiger partial charge is 0.252 e. The molecule has 0 radical (unpaired) electrons. The Balaban J connectivity index is 1.49. The maximum absolute atomic E-state index is 13.2. The van der Waals surface area contributed by atoms with E-state index in [-0.39, 0.29) is 23.5 Å². The molecule has 0 bridgehead atoms. The number of amides is 1. The van der Waals surface area contributed by atoms with Crippen molar-refractivity contribution in [2.45, 2.75) is 32.4 Å². The molecule has 4 aromatic heterocycles. The number of aromatic nitrogens is 5. The lowest BCUT2D eigenvalue weighted by Gasteiger charge is -2.12. The zero-order chi connectivity index (χ0) is 23.0. The van der Waals surface area contributed by atoms with Crippen molar-refractivity contribution in [3.63, 3.8) is 0 Å². The summed E-state index contributed by atoms with van der Waals surface area (Å²) < 4.78 is 27.9. The highest BCUT2D eigenvalue weighted by Crippen LogP contribution is 2.33. The van der Waals surface area contributed by atoms with E-state index < -0.39 is 9.84 Å². The minimum atomic E-state index is -3.09. The SMILES string of the molecule is Cc1nn([C@H]2CCS(=O)(=O)C2)c2nc(-c3cccs3)cc(C(=O)NCCCn3ccnc3)c12. The van der Waals surface area contributed by atoms with Crippen molar-refractivity contribution >= 4 is 38.1 Å². The summed E-state index contributed by atoms with van der Waals surface area (Å²) in [6, 6.07) is 5.43. The Morgan fingerprint density at radius 3 is 2.94 bits per heavy atom. The molecule has 9 nitrogen and oxygen atoms in total. The van der Waals surface area contributed by atoms with E-state index in [0.717, 1.165) is 17.8 Å². The van der Waals surface area contributed by atoms with Crippen molar-refractivity contribution < 1.29 is 13.2 Å². The second-order valence-corrected chi connectivity index (χ2v) is 11.4. The van der Waals surface area contributed by atoms with E-state index in [1.807, 2.05) is 41.3 Å². The predicted molar refractivity (Wildman–Crippen MR) is 127 cm³/mol. The lowest BCUT2D eigenvalue weighted by Crippen LogP contribution is -2.25. The third kappa shape index (κ3) is 4.42. The Morgan fingerprint density at radius 1 is 1.36 bits per heavy atom. The number of pyridine rings is 1. The van der Waals surface area contributed by atoms with Crippen LogP contribution in [0.5, 0.6) is 0 Å². The Morgan fingerprint density at radius 2 is 2.24 bits per heavy atom. The number of carbonyl (C=O) groups excluding carboxylic acids is 1. The summed E-state index contributed by atoms with van der Waals surface area (Å²) >= 11 is 1.54. The first-order valence-electron chi connectivity index (χ1n) is 10.8. The largest absolute Gasteiger partial charge is 0.352 e. The van der Waals surface area contributed by atoms with Gasteiger partial charge in [-0.3, -0.25) is 4.79 Å². The molecule has 0 aliphatic carbocycles. The van der Waals surface area contributed by atoms with Crippen molar-refractivity contribution in [3.8, 4) is 10.6 Å². The molecule has 5 heterocycles. The maximum atomic E-state index is 13.2. The number of rotatable bonds is 7.